The quantitative estimate of drug-likeness (QED) is 0.864. The highest BCUT2D eigenvalue weighted by atomic mass is 16.4. The van der Waals surface area contributed by atoms with Gasteiger partial charge in [0.05, 0.1) is 5.92 Å². The van der Waals surface area contributed by atoms with Gasteiger partial charge in [-0.1, -0.05) is 31.7 Å². The predicted molar refractivity (Wildman–Crippen MR) is 88.0 cm³/mol. The van der Waals surface area contributed by atoms with E-state index in [-0.39, 0.29) is 30.9 Å². The molecular weight excluding hydrogens is 308 g/mol. The predicted octanol–water partition coefficient (Wildman–Crippen LogP) is 1.82. The lowest BCUT2D eigenvalue weighted by Crippen LogP contribution is -2.44. The molecule has 1 aliphatic carbocycles. The summed E-state index contributed by atoms with van der Waals surface area (Å²) < 4.78 is 0. The normalized spacial score (nSPS) is 17.6. The zero-order chi connectivity index (χ0) is 17.4. The first kappa shape index (κ1) is 16.2. The van der Waals surface area contributed by atoms with E-state index in [0.29, 0.717) is 11.3 Å². The Hall–Kier alpha value is -2.63. The van der Waals surface area contributed by atoms with Crippen LogP contribution in [0.2, 0.25) is 0 Å². The fourth-order valence-electron chi connectivity index (χ4n) is 2.94. The fraction of sp³-hybridized carbons (Fsp3) is 0.389. The van der Waals surface area contributed by atoms with Gasteiger partial charge in [0, 0.05) is 29.4 Å². The number of hydrogen-bond acceptors (Lipinski definition) is 3. The average molecular weight is 328 g/mol. The van der Waals surface area contributed by atoms with E-state index in [0.717, 1.165) is 18.4 Å². The Morgan fingerprint density at radius 3 is 2.50 bits per heavy atom. The summed E-state index contributed by atoms with van der Waals surface area (Å²) in [5.41, 5.74) is 1.81. The lowest BCUT2D eigenvalue weighted by atomic mass is 10.1. The molecule has 1 unspecified atom stereocenters. The molecule has 2 amide bonds. The molecule has 0 saturated heterocycles. The molecule has 1 aliphatic heterocycles. The molecule has 0 bridgehead atoms. The van der Waals surface area contributed by atoms with Gasteiger partial charge in [-0.15, -0.1) is 0 Å². The number of benzene rings is 1. The first-order valence-electron chi connectivity index (χ1n) is 8.02. The summed E-state index contributed by atoms with van der Waals surface area (Å²) in [6.45, 7) is 5.58. The van der Waals surface area contributed by atoms with Crippen LogP contribution in [0.4, 0.5) is 0 Å². The first-order valence-corrected chi connectivity index (χ1v) is 8.02. The monoisotopic (exact) mass is 328 g/mol. The van der Waals surface area contributed by atoms with Crippen molar-refractivity contribution in [1.82, 2.24) is 9.80 Å². The number of rotatable bonds is 6. The highest BCUT2D eigenvalue weighted by Crippen LogP contribution is 2.32. The smallest absolute Gasteiger partial charge is 0.308 e. The molecule has 1 aromatic carbocycles. The third kappa shape index (κ3) is 2.91. The number of carboxylic acid groups (broad SMARTS) is 1. The van der Waals surface area contributed by atoms with Gasteiger partial charge in [0.25, 0.3) is 5.91 Å². The number of carbonyl (C=O) groups is 3. The minimum atomic E-state index is -0.928. The van der Waals surface area contributed by atoms with E-state index in [1.165, 1.54) is 4.90 Å². The van der Waals surface area contributed by atoms with E-state index in [1.807, 2.05) is 12.1 Å². The van der Waals surface area contributed by atoms with Crippen LogP contribution in [-0.4, -0.2) is 51.8 Å². The fourth-order valence-corrected chi connectivity index (χ4v) is 2.94. The number of carbonyl (C=O) groups excluding carboxylic acids is 2. The van der Waals surface area contributed by atoms with Crippen molar-refractivity contribution in [3.63, 3.8) is 0 Å². The molecule has 24 heavy (non-hydrogen) atoms. The molecule has 0 spiro atoms. The van der Waals surface area contributed by atoms with Crippen LogP contribution in [0.15, 0.2) is 30.8 Å². The van der Waals surface area contributed by atoms with Crippen LogP contribution in [-0.2, 0) is 9.59 Å². The Bertz CT molecular complexity index is 688. The molecule has 0 radical (unpaired) electrons. The van der Waals surface area contributed by atoms with Crippen molar-refractivity contribution in [3.05, 3.63) is 42.0 Å². The molecule has 126 valence electrons. The van der Waals surface area contributed by atoms with Crippen LogP contribution in [0.3, 0.4) is 0 Å². The SMILES string of the molecule is C=C1c2ccccc2C(=O)N1CC(=O)N(CC(C)C(=O)O)C1CC1. The zero-order valence-electron chi connectivity index (χ0n) is 13.6. The van der Waals surface area contributed by atoms with Crippen molar-refractivity contribution in [1.29, 1.82) is 0 Å². The van der Waals surface area contributed by atoms with Crippen molar-refractivity contribution >= 4 is 23.5 Å². The van der Waals surface area contributed by atoms with Crippen LogP contribution >= 0.6 is 0 Å². The van der Waals surface area contributed by atoms with Crippen LogP contribution < -0.4 is 0 Å². The van der Waals surface area contributed by atoms with Gasteiger partial charge in [-0.2, -0.15) is 0 Å². The standard InChI is InChI=1S/C18H20N2O4/c1-11(18(23)24)9-20(13-7-8-13)16(21)10-19-12(2)14-5-3-4-6-15(14)17(19)22/h3-6,11,13H,2,7-10H2,1H3,(H,23,24). The number of aliphatic carboxylic acids is 1. The Morgan fingerprint density at radius 2 is 1.96 bits per heavy atom. The second-order valence-electron chi connectivity index (χ2n) is 6.40. The molecule has 1 saturated carbocycles. The maximum absolute atomic E-state index is 12.7. The Morgan fingerprint density at radius 1 is 1.33 bits per heavy atom. The molecular formula is C18H20N2O4. The lowest BCUT2D eigenvalue weighted by molar-refractivity contribution is -0.143. The molecule has 1 fully saturated rings. The summed E-state index contributed by atoms with van der Waals surface area (Å²) in [5.74, 6) is -2.02. The van der Waals surface area contributed by atoms with Gasteiger partial charge >= 0.3 is 5.97 Å². The van der Waals surface area contributed by atoms with Gasteiger partial charge < -0.3 is 10.0 Å². The van der Waals surface area contributed by atoms with Gasteiger partial charge in [-0.25, -0.2) is 0 Å². The van der Waals surface area contributed by atoms with Crippen molar-refractivity contribution in [2.45, 2.75) is 25.8 Å². The molecule has 1 heterocycles. The topological polar surface area (TPSA) is 77.9 Å². The molecule has 0 aromatic heterocycles. The van der Waals surface area contributed by atoms with E-state index in [1.54, 1.807) is 24.0 Å². The Labute approximate surface area is 140 Å². The number of carboxylic acids is 1. The van der Waals surface area contributed by atoms with E-state index >= 15 is 0 Å². The third-order valence-corrected chi connectivity index (χ3v) is 4.53. The van der Waals surface area contributed by atoms with Crippen molar-refractivity contribution in [2.24, 2.45) is 5.92 Å². The number of amides is 2. The lowest BCUT2D eigenvalue weighted by Gasteiger charge is -2.27. The van der Waals surface area contributed by atoms with Crippen molar-refractivity contribution in [3.8, 4) is 0 Å². The van der Waals surface area contributed by atoms with Crippen LogP contribution in [0.25, 0.3) is 5.70 Å². The van der Waals surface area contributed by atoms with Crippen LogP contribution in [0.5, 0.6) is 0 Å². The number of nitrogens with zero attached hydrogens (tertiary/aromatic N) is 2. The maximum Gasteiger partial charge on any atom is 0.308 e. The molecule has 6 heteroatoms. The van der Waals surface area contributed by atoms with Gasteiger partial charge in [0.1, 0.15) is 6.54 Å². The second kappa shape index (κ2) is 6.11. The summed E-state index contributed by atoms with van der Waals surface area (Å²) >= 11 is 0. The first-order chi connectivity index (χ1) is 11.4. The molecule has 2 aliphatic rings. The average Bonchev–Trinajstić information content (AvgIpc) is 3.37. The van der Waals surface area contributed by atoms with E-state index < -0.39 is 11.9 Å². The highest BCUT2D eigenvalue weighted by Gasteiger charge is 2.38. The molecule has 1 N–H and O–H groups in total. The van der Waals surface area contributed by atoms with E-state index in [4.69, 9.17) is 5.11 Å². The van der Waals surface area contributed by atoms with Crippen LogP contribution in [0.1, 0.15) is 35.7 Å². The van der Waals surface area contributed by atoms with Gasteiger partial charge in [-0.05, 0) is 18.9 Å². The van der Waals surface area contributed by atoms with Crippen LogP contribution in [0, 0.1) is 5.92 Å². The van der Waals surface area contributed by atoms with E-state index in [2.05, 4.69) is 6.58 Å². The molecule has 6 nitrogen and oxygen atoms in total. The number of fused-ring (bicyclic) bond motifs is 1. The largest absolute Gasteiger partial charge is 0.481 e. The summed E-state index contributed by atoms with van der Waals surface area (Å²) in [5, 5.41) is 9.08. The van der Waals surface area contributed by atoms with Crippen molar-refractivity contribution < 1.29 is 19.5 Å². The third-order valence-electron chi connectivity index (χ3n) is 4.53. The maximum atomic E-state index is 12.7. The summed E-state index contributed by atoms with van der Waals surface area (Å²) in [4.78, 5) is 39.2. The summed E-state index contributed by atoms with van der Waals surface area (Å²) in [6, 6.07) is 7.23. The highest BCUT2D eigenvalue weighted by molar-refractivity contribution is 6.10. The molecule has 1 aromatic rings. The Kier molecular flexibility index (Phi) is 4.13. The molecule has 3 rings (SSSR count). The minimum absolute atomic E-state index is 0.0904. The minimum Gasteiger partial charge on any atom is -0.481 e. The zero-order valence-corrected chi connectivity index (χ0v) is 13.6. The van der Waals surface area contributed by atoms with Gasteiger partial charge in [-0.3, -0.25) is 19.3 Å². The van der Waals surface area contributed by atoms with Crippen molar-refractivity contribution in [2.75, 3.05) is 13.1 Å². The summed E-state index contributed by atoms with van der Waals surface area (Å²) in [7, 11) is 0. The van der Waals surface area contributed by atoms with Gasteiger partial charge in [0.15, 0.2) is 0 Å². The van der Waals surface area contributed by atoms with Gasteiger partial charge in [0.2, 0.25) is 5.91 Å². The molecule has 1 atom stereocenters. The number of hydrogen-bond donors (Lipinski definition) is 1. The Balaban J connectivity index is 1.73. The summed E-state index contributed by atoms with van der Waals surface area (Å²) in [6.07, 6.45) is 1.76. The van der Waals surface area contributed by atoms with E-state index in [9.17, 15) is 14.4 Å². The second-order valence-corrected chi connectivity index (χ2v) is 6.40.